The summed E-state index contributed by atoms with van der Waals surface area (Å²) in [6.45, 7) is 0.947. The van der Waals surface area contributed by atoms with Crippen molar-refractivity contribution in [3.8, 4) is 0 Å². The minimum Gasteiger partial charge on any atom is -0.480 e. The first-order chi connectivity index (χ1) is 9.58. The zero-order chi connectivity index (χ0) is 14.3. The van der Waals surface area contributed by atoms with Crippen LogP contribution in [-0.4, -0.2) is 56.7 Å². The van der Waals surface area contributed by atoms with Gasteiger partial charge in [-0.1, -0.05) is 30.3 Å². The van der Waals surface area contributed by atoms with Gasteiger partial charge in [-0.2, -0.15) is 0 Å². The SMILES string of the molecule is O=C(O)[C@@H]1[C@@H]2C[C@@H](CN2C(=O)O)N1Cc1ccccc1. The molecule has 0 aromatic heterocycles. The molecule has 0 aliphatic carbocycles. The van der Waals surface area contributed by atoms with Gasteiger partial charge in [0.15, 0.2) is 0 Å². The fourth-order valence-electron chi connectivity index (χ4n) is 3.38. The second-order valence-corrected chi connectivity index (χ2v) is 5.33. The number of hydrogen-bond donors (Lipinski definition) is 2. The molecule has 6 nitrogen and oxygen atoms in total. The highest BCUT2D eigenvalue weighted by Crippen LogP contribution is 2.37. The van der Waals surface area contributed by atoms with E-state index in [4.69, 9.17) is 5.11 Å². The Balaban J connectivity index is 1.82. The summed E-state index contributed by atoms with van der Waals surface area (Å²) in [4.78, 5) is 25.8. The normalized spacial score (nSPS) is 28.8. The van der Waals surface area contributed by atoms with Crippen molar-refractivity contribution in [1.82, 2.24) is 9.80 Å². The van der Waals surface area contributed by atoms with Crippen LogP contribution in [0.4, 0.5) is 4.79 Å². The van der Waals surface area contributed by atoms with Crippen molar-refractivity contribution in [1.29, 1.82) is 0 Å². The lowest BCUT2D eigenvalue weighted by molar-refractivity contribution is -0.145. The average Bonchev–Trinajstić information content (AvgIpc) is 2.97. The number of amides is 1. The molecule has 2 aliphatic heterocycles. The standard InChI is InChI=1S/C14H16N2O4/c17-13(18)12-11-6-10(8-16(11)14(19)20)15(12)7-9-4-2-1-3-5-9/h1-5,10-12H,6-8H2,(H,17,18)(H,19,20)/t10-,11-,12-/m0/s1. The Morgan fingerprint density at radius 1 is 1.20 bits per heavy atom. The Kier molecular flexibility index (Phi) is 3.10. The number of likely N-dealkylation sites (tertiary alicyclic amines) is 2. The summed E-state index contributed by atoms with van der Waals surface area (Å²) in [5.41, 5.74) is 1.05. The summed E-state index contributed by atoms with van der Waals surface area (Å²) in [5, 5.41) is 18.5. The quantitative estimate of drug-likeness (QED) is 0.863. The number of piperazine rings is 1. The number of hydrogen-bond acceptors (Lipinski definition) is 3. The molecule has 0 saturated carbocycles. The van der Waals surface area contributed by atoms with Crippen molar-refractivity contribution in [2.45, 2.75) is 31.1 Å². The van der Waals surface area contributed by atoms with E-state index in [-0.39, 0.29) is 6.04 Å². The van der Waals surface area contributed by atoms with E-state index in [0.717, 1.165) is 5.56 Å². The molecule has 2 N–H and O–H groups in total. The van der Waals surface area contributed by atoms with Gasteiger partial charge in [0.05, 0.1) is 6.04 Å². The van der Waals surface area contributed by atoms with Crippen LogP contribution in [0.3, 0.4) is 0 Å². The Morgan fingerprint density at radius 2 is 1.90 bits per heavy atom. The lowest BCUT2D eigenvalue weighted by Gasteiger charge is -2.37. The lowest BCUT2D eigenvalue weighted by Crippen LogP contribution is -2.57. The van der Waals surface area contributed by atoms with Gasteiger partial charge in [0.25, 0.3) is 0 Å². The van der Waals surface area contributed by atoms with Crippen LogP contribution in [0.25, 0.3) is 0 Å². The van der Waals surface area contributed by atoms with E-state index in [1.165, 1.54) is 4.90 Å². The van der Waals surface area contributed by atoms with E-state index in [0.29, 0.717) is 19.5 Å². The number of carboxylic acid groups (broad SMARTS) is 2. The van der Waals surface area contributed by atoms with E-state index >= 15 is 0 Å². The molecule has 106 valence electrons. The molecule has 0 radical (unpaired) electrons. The second-order valence-electron chi connectivity index (χ2n) is 5.33. The van der Waals surface area contributed by atoms with Gasteiger partial charge in [0.1, 0.15) is 6.04 Å². The van der Waals surface area contributed by atoms with Gasteiger partial charge in [-0.05, 0) is 12.0 Å². The fraction of sp³-hybridized carbons (Fsp3) is 0.429. The highest BCUT2D eigenvalue weighted by molar-refractivity contribution is 5.77. The van der Waals surface area contributed by atoms with Crippen molar-refractivity contribution < 1.29 is 19.8 Å². The smallest absolute Gasteiger partial charge is 0.407 e. The summed E-state index contributed by atoms with van der Waals surface area (Å²) in [6.07, 6.45) is -0.418. The zero-order valence-electron chi connectivity index (χ0n) is 10.8. The van der Waals surface area contributed by atoms with Crippen LogP contribution in [0.5, 0.6) is 0 Å². The van der Waals surface area contributed by atoms with Crippen LogP contribution in [0.15, 0.2) is 30.3 Å². The maximum Gasteiger partial charge on any atom is 0.407 e. The van der Waals surface area contributed by atoms with E-state index in [2.05, 4.69) is 0 Å². The summed E-state index contributed by atoms with van der Waals surface area (Å²) in [6, 6.07) is 8.49. The Morgan fingerprint density at radius 3 is 2.50 bits per heavy atom. The first kappa shape index (κ1) is 12.9. The third-order valence-corrected chi connectivity index (χ3v) is 4.22. The number of carboxylic acids is 1. The maximum absolute atomic E-state index is 11.5. The van der Waals surface area contributed by atoms with Crippen LogP contribution in [-0.2, 0) is 11.3 Å². The van der Waals surface area contributed by atoms with E-state index in [1.54, 1.807) is 0 Å². The van der Waals surface area contributed by atoms with Crippen LogP contribution < -0.4 is 0 Å². The van der Waals surface area contributed by atoms with Crippen LogP contribution >= 0.6 is 0 Å². The predicted octanol–water partition coefficient (Wildman–Crippen LogP) is 1.08. The predicted molar refractivity (Wildman–Crippen MR) is 70.3 cm³/mol. The topological polar surface area (TPSA) is 81.1 Å². The van der Waals surface area contributed by atoms with Gasteiger partial charge in [0, 0.05) is 19.1 Å². The zero-order valence-corrected chi connectivity index (χ0v) is 10.8. The van der Waals surface area contributed by atoms with E-state index in [9.17, 15) is 14.7 Å². The molecule has 2 fully saturated rings. The van der Waals surface area contributed by atoms with Gasteiger partial charge in [-0.3, -0.25) is 9.69 Å². The van der Waals surface area contributed by atoms with Crippen LogP contribution in [0.1, 0.15) is 12.0 Å². The molecule has 1 aromatic carbocycles. The first-order valence-corrected chi connectivity index (χ1v) is 6.60. The number of carbonyl (C=O) groups is 2. The molecular formula is C14H16N2O4. The van der Waals surface area contributed by atoms with Gasteiger partial charge in [-0.15, -0.1) is 0 Å². The highest BCUT2D eigenvalue weighted by Gasteiger charge is 2.54. The van der Waals surface area contributed by atoms with Crippen molar-refractivity contribution in [2.24, 2.45) is 0 Å². The highest BCUT2D eigenvalue weighted by atomic mass is 16.4. The third kappa shape index (κ3) is 2.02. The molecule has 2 bridgehead atoms. The second kappa shape index (κ2) is 4.79. The van der Waals surface area contributed by atoms with Crippen molar-refractivity contribution in [3.05, 3.63) is 35.9 Å². The molecule has 0 spiro atoms. The van der Waals surface area contributed by atoms with Gasteiger partial charge in [0.2, 0.25) is 0 Å². The molecule has 3 atom stereocenters. The van der Waals surface area contributed by atoms with Gasteiger partial charge < -0.3 is 15.1 Å². The molecule has 2 heterocycles. The molecule has 20 heavy (non-hydrogen) atoms. The monoisotopic (exact) mass is 276 g/mol. The molecule has 6 heteroatoms. The number of aliphatic carboxylic acids is 1. The summed E-state index contributed by atoms with van der Waals surface area (Å²) in [5.74, 6) is -0.945. The first-order valence-electron chi connectivity index (χ1n) is 6.60. The van der Waals surface area contributed by atoms with Crippen LogP contribution in [0.2, 0.25) is 0 Å². The summed E-state index contributed by atoms with van der Waals surface area (Å²) >= 11 is 0. The molecule has 3 rings (SSSR count). The van der Waals surface area contributed by atoms with E-state index < -0.39 is 24.1 Å². The lowest BCUT2D eigenvalue weighted by atomic mass is 10.1. The summed E-state index contributed by atoms with van der Waals surface area (Å²) < 4.78 is 0. The molecule has 2 saturated heterocycles. The van der Waals surface area contributed by atoms with Gasteiger partial charge in [-0.25, -0.2) is 4.79 Å². The minimum atomic E-state index is -1.02. The number of fused-ring (bicyclic) bond motifs is 2. The summed E-state index contributed by atoms with van der Waals surface area (Å²) in [7, 11) is 0. The number of nitrogens with zero attached hydrogens (tertiary/aromatic N) is 2. The Labute approximate surface area is 116 Å². The molecule has 1 aromatic rings. The maximum atomic E-state index is 11.5. The largest absolute Gasteiger partial charge is 0.480 e. The Bertz CT molecular complexity index is 533. The van der Waals surface area contributed by atoms with Crippen molar-refractivity contribution in [2.75, 3.05) is 6.54 Å². The van der Waals surface area contributed by atoms with E-state index in [1.807, 2.05) is 35.2 Å². The minimum absolute atomic E-state index is 0.00240. The third-order valence-electron chi connectivity index (χ3n) is 4.22. The Hall–Kier alpha value is -2.08. The van der Waals surface area contributed by atoms with Crippen molar-refractivity contribution >= 4 is 12.1 Å². The average molecular weight is 276 g/mol. The molecule has 2 aliphatic rings. The number of benzene rings is 1. The van der Waals surface area contributed by atoms with Crippen LogP contribution in [0, 0.1) is 0 Å². The fourth-order valence-corrected chi connectivity index (χ4v) is 3.38. The molecular weight excluding hydrogens is 260 g/mol. The van der Waals surface area contributed by atoms with Gasteiger partial charge >= 0.3 is 12.1 Å². The number of rotatable bonds is 3. The van der Waals surface area contributed by atoms with Crippen molar-refractivity contribution in [3.63, 3.8) is 0 Å². The molecule has 0 unspecified atom stereocenters. The molecule has 1 amide bonds.